The summed E-state index contributed by atoms with van der Waals surface area (Å²) in [6.07, 6.45) is 25.6. The third-order valence-electron chi connectivity index (χ3n) is 4.68. The van der Waals surface area contributed by atoms with Gasteiger partial charge in [-0.05, 0) is 62.3 Å². The molecule has 1 aromatic rings. The molecule has 0 heterocycles. The molecule has 0 aliphatic carbocycles. The zero-order chi connectivity index (χ0) is 21.0. The molecule has 0 amide bonds. The van der Waals surface area contributed by atoms with Crippen LogP contribution in [-0.4, -0.2) is 11.1 Å². The lowest BCUT2D eigenvalue weighted by Crippen LogP contribution is -1.98. The number of unbranched alkanes of at least 4 members (excludes halogenated alkanes) is 8. The fourth-order valence-electron chi connectivity index (χ4n) is 2.91. The number of carbonyl (C=O) groups excluding carboxylic acids is 1. The highest BCUT2D eigenvalue weighted by molar-refractivity contribution is 5.70. The first-order chi connectivity index (χ1) is 14.2. The van der Waals surface area contributed by atoms with Crippen LogP contribution in [0, 0.1) is 0 Å². The summed E-state index contributed by atoms with van der Waals surface area (Å²) in [5.74, 6) is 0.0335. The number of rotatable bonds is 16. The molecule has 0 aromatic heterocycles. The molecule has 0 unspecified atom stereocenters. The highest BCUT2D eigenvalue weighted by Crippen LogP contribution is 2.11. The van der Waals surface area contributed by atoms with E-state index < -0.39 is 0 Å². The van der Waals surface area contributed by atoms with E-state index in [1.807, 2.05) is 0 Å². The lowest BCUT2D eigenvalue weighted by atomic mass is 10.1. The van der Waals surface area contributed by atoms with Crippen LogP contribution in [0.1, 0.15) is 89.5 Å². The van der Waals surface area contributed by atoms with Crippen LogP contribution in [0.3, 0.4) is 0 Å². The smallest absolute Gasteiger partial charge is 0.310 e. The number of hydrogen-bond donors (Lipinski definition) is 1. The number of phenolic OH excluding ortho intramolecular Hbond substituents is 1. The minimum atomic E-state index is -0.189. The number of aromatic hydroxyl groups is 1. The predicted molar refractivity (Wildman–Crippen MR) is 123 cm³/mol. The van der Waals surface area contributed by atoms with Gasteiger partial charge in [-0.25, -0.2) is 0 Å². The predicted octanol–water partition coefficient (Wildman–Crippen LogP) is 7.72. The zero-order valence-corrected chi connectivity index (χ0v) is 18.0. The van der Waals surface area contributed by atoms with Crippen LogP contribution in [0.2, 0.25) is 0 Å². The number of phenols is 1. The Bertz CT molecular complexity index is 611. The maximum absolute atomic E-state index is 11.7. The Morgan fingerprint density at radius 1 is 0.862 bits per heavy atom. The van der Waals surface area contributed by atoms with Gasteiger partial charge in [0.05, 0.1) is 6.26 Å². The van der Waals surface area contributed by atoms with Crippen molar-refractivity contribution in [2.24, 2.45) is 0 Å². The molecule has 0 aliphatic rings. The summed E-state index contributed by atoms with van der Waals surface area (Å²) in [5, 5.41) is 9.22. The van der Waals surface area contributed by atoms with Crippen molar-refractivity contribution >= 4 is 12.0 Å². The lowest BCUT2D eigenvalue weighted by Gasteiger charge is -2.01. The topological polar surface area (TPSA) is 46.5 Å². The molecule has 1 aromatic carbocycles. The first-order valence-corrected chi connectivity index (χ1v) is 11.2. The highest BCUT2D eigenvalue weighted by atomic mass is 16.5. The first-order valence-electron chi connectivity index (χ1n) is 11.2. The second-order valence-corrected chi connectivity index (χ2v) is 7.36. The molecule has 0 aliphatic heterocycles. The number of ether oxygens (including phenoxy) is 1. The second kappa shape index (κ2) is 17.8. The molecule has 0 radical (unpaired) electrons. The van der Waals surface area contributed by atoms with E-state index in [1.165, 1.54) is 51.2 Å². The molecule has 0 bridgehead atoms. The summed E-state index contributed by atoms with van der Waals surface area (Å²) in [7, 11) is 0. The first kappa shape index (κ1) is 24.7. The van der Waals surface area contributed by atoms with Crippen molar-refractivity contribution in [2.75, 3.05) is 0 Å². The monoisotopic (exact) mass is 398 g/mol. The van der Waals surface area contributed by atoms with Crippen LogP contribution >= 0.6 is 0 Å². The Morgan fingerprint density at radius 3 is 2.17 bits per heavy atom. The van der Waals surface area contributed by atoms with Crippen molar-refractivity contribution in [3.05, 3.63) is 60.4 Å². The van der Waals surface area contributed by atoms with Gasteiger partial charge in [-0.1, -0.05) is 75.5 Å². The van der Waals surface area contributed by atoms with Crippen LogP contribution in [-0.2, 0) is 9.53 Å². The average molecular weight is 399 g/mol. The van der Waals surface area contributed by atoms with E-state index in [2.05, 4.69) is 31.2 Å². The number of benzene rings is 1. The van der Waals surface area contributed by atoms with E-state index in [0.29, 0.717) is 6.42 Å². The van der Waals surface area contributed by atoms with Gasteiger partial charge in [0.15, 0.2) is 0 Å². The Labute approximate surface area is 177 Å². The Kier molecular flexibility index (Phi) is 15.2. The van der Waals surface area contributed by atoms with E-state index in [4.69, 9.17) is 4.74 Å². The fourth-order valence-corrected chi connectivity index (χ4v) is 2.91. The SMILES string of the molecule is CCCCC/C=C\C/C=C\CCCCCCCC(=O)O/C=C/c1ccc(O)cc1. The van der Waals surface area contributed by atoms with Crippen LogP contribution in [0.5, 0.6) is 5.75 Å². The van der Waals surface area contributed by atoms with Gasteiger partial charge in [0, 0.05) is 6.42 Å². The molecule has 0 fully saturated rings. The molecule has 1 rings (SSSR count). The summed E-state index contributed by atoms with van der Waals surface area (Å²) >= 11 is 0. The zero-order valence-electron chi connectivity index (χ0n) is 18.0. The number of allylic oxidation sites excluding steroid dienone is 4. The summed E-state index contributed by atoms with van der Waals surface area (Å²) in [4.78, 5) is 11.7. The lowest BCUT2D eigenvalue weighted by molar-refractivity contribution is -0.138. The van der Waals surface area contributed by atoms with E-state index >= 15 is 0 Å². The van der Waals surface area contributed by atoms with Crippen molar-refractivity contribution in [3.8, 4) is 5.75 Å². The van der Waals surface area contributed by atoms with E-state index in [9.17, 15) is 9.90 Å². The fraction of sp³-hybridized carbons (Fsp3) is 0.500. The van der Waals surface area contributed by atoms with Gasteiger partial charge in [0.25, 0.3) is 0 Å². The third kappa shape index (κ3) is 15.3. The molecule has 29 heavy (non-hydrogen) atoms. The quantitative estimate of drug-likeness (QED) is 0.134. The molecular formula is C26H38O3. The average Bonchev–Trinajstić information content (AvgIpc) is 2.72. The van der Waals surface area contributed by atoms with E-state index in [1.54, 1.807) is 30.3 Å². The molecule has 3 heteroatoms. The standard InChI is InChI=1S/C26H38O3/c1-2-3-4-5-6-7-8-9-10-11-12-13-14-15-16-17-26(28)29-23-22-24-18-20-25(27)21-19-24/h6-7,9-10,18-23,27H,2-5,8,11-17H2,1H3/b7-6-,10-9-,23-22+. The Hall–Kier alpha value is -2.29. The third-order valence-corrected chi connectivity index (χ3v) is 4.68. The van der Waals surface area contributed by atoms with E-state index in [-0.39, 0.29) is 11.7 Å². The second-order valence-electron chi connectivity index (χ2n) is 7.36. The van der Waals surface area contributed by atoms with Crippen LogP contribution in [0.15, 0.2) is 54.8 Å². The number of carbonyl (C=O) groups is 1. The van der Waals surface area contributed by atoms with Gasteiger partial charge < -0.3 is 9.84 Å². The highest BCUT2D eigenvalue weighted by Gasteiger charge is 2.00. The Morgan fingerprint density at radius 2 is 1.48 bits per heavy atom. The summed E-state index contributed by atoms with van der Waals surface area (Å²) in [6.45, 7) is 2.24. The number of esters is 1. The summed E-state index contributed by atoms with van der Waals surface area (Å²) in [5.41, 5.74) is 0.882. The molecule has 160 valence electrons. The molecule has 3 nitrogen and oxygen atoms in total. The van der Waals surface area contributed by atoms with Gasteiger partial charge in [-0.3, -0.25) is 4.79 Å². The summed E-state index contributed by atoms with van der Waals surface area (Å²) in [6, 6.07) is 6.73. The van der Waals surface area contributed by atoms with Gasteiger partial charge in [0.2, 0.25) is 0 Å². The maximum atomic E-state index is 11.7. The van der Waals surface area contributed by atoms with Gasteiger partial charge in [-0.15, -0.1) is 0 Å². The minimum Gasteiger partial charge on any atom is -0.508 e. The largest absolute Gasteiger partial charge is 0.508 e. The van der Waals surface area contributed by atoms with E-state index in [0.717, 1.165) is 31.2 Å². The molecule has 0 atom stereocenters. The molecule has 0 spiro atoms. The van der Waals surface area contributed by atoms with Gasteiger partial charge in [0.1, 0.15) is 5.75 Å². The van der Waals surface area contributed by atoms with Crippen LogP contribution in [0.4, 0.5) is 0 Å². The van der Waals surface area contributed by atoms with Crippen molar-refractivity contribution in [1.82, 2.24) is 0 Å². The summed E-state index contributed by atoms with van der Waals surface area (Å²) < 4.78 is 5.10. The molecule has 0 saturated carbocycles. The Balaban J connectivity index is 1.91. The van der Waals surface area contributed by atoms with Crippen LogP contribution in [0.25, 0.3) is 6.08 Å². The van der Waals surface area contributed by atoms with Crippen LogP contribution < -0.4 is 0 Å². The molecule has 1 N–H and O–H groups in total. The van der Waals surface area contributed by atoms with Gasteiger partial charge in [-0.2, -0.15) is 0 Å². The molecule has 0 saturated heterocycles. The number of hydrogen-bond acceptors (Lipinski definition) is 3. The molecular weight excluding hydrogens is 360 g/mol. The van der Waals surface area contributed by atoms with Crippen molar-refractivity contribution in [2.45, 2.75) is 84.0 Å². The van der Waals surface area contributed by atoms with Gasteiger partial charge >= 0.3 is 5.97 Å². The normalized spacial score (nSPS) is 11.8. The van der Waals surface area contributed by atoms with Crippen molar-refractivity contribution in [1.29, 1.82) is 0 Å². The minimum absolute atomic E-state index is 0.189. The maximum Gasteiger partial charge on any atom is 0.310 e. The van der Waals surface area contributed by atoms with Crippen molar-refractivity contribution < 1.29 is 14.6 Å². The van der Waals surface area contributed by atoms with Crippen molar-refractivity contribution in [3.63, 3.8) is 0 Å².